The molecule has 0 fully saturated rings. The minimum Gasteiger partial charge on any atom is -0.325 e. The number of hydrogen-bond donors (Lipinski definition) is 1. The van der Waals surface area contributed by atoms with E-state index < -0.39 is 0 Å². The van der Waals surface area contributed by atoms with Crippen LogP contribution in [0.25, 0.3) is 0 Å². The maximum atomic E-state index is 9.10. The Labute approximate surface area is 128 Å². The largest absolute Gasteiger partial charge is 0.325 e. The van der Waals surface area contributed by atoms with Crippen LogP contribution in [0.1, 0.15) is 0 Å². The third-order valence-corrected chi connectivity index (χ3v) is 3.71. The lowest BCUT2D eigenvalue weighted by Gasteiger charge is -2.25. The summed E-state index contributed by atoms with van der Waals surface area (Å²) in [4.78, 5) is 3.02. The Balaban J connectivity index is 2.07. The Bertz CT molecular complexity index is 644. The molecule has 0 radical (unpaired) electrons. The Kier molecular flexibility index (Phi) is 4.24. The van der Waals surface area contributed by atoms with Gasteiger partial charge in [0, 0.05) is 34.0 Å². The van der Waals surface area contributed by atoms with Gasteiger partial charge in [0.05, 0.1) is 0 Å². The van der Waals surface area contributed by atoms with Crippen LogP contribution in [0.2, 0.25) is 0 Å². The average molecular weight is 293 g/mol. The molecule has 1 N–H and O–H groups in total. The molecule has 21 heavy (non-hydrogen) atoms. The lowest BCUT2D eigenvalue weighted by molar-refractivity contribution is 0.664. The van der Waals surface area contributed by atoms with Crippen LogP contribution >= 0.6 is 12.0 Å². The lowest BCUT2D eigenvalue weighted by Crippen LogP contribution is -2.09. The summed E-state index contributed by atoms with van der Waals surface area (Å²) in [6, 6.07) is 28.3. The molecule has 0 spiro atoms. The maximum absolute atomic E-state index is 9.10. The zero-order chi connectivity index (χ0) is 14.5. The number of anilines is 3. The first-order valence-electron chi connectivity index (χ1n) is 6.70. The SMILES string of the molecule is OSc1ccc(N(c2ccccc2)c2ccccc2)cc1. The van der Waals surface area contributed by atoms with Gasteiger partial charge in [-0.1, -0.05) is 36.4 Å². The van der Waals surface area contributed by atoms with E-state index in [1.54, 1.807) is 0 Å². The van der Waals surface area contributed by atoms with E-state index in [4.69, 9.17) is 4.55 Å². The van der Waals surface area contributed by atoms with Gasteiger partial charge in [0.15, 0.2) is 0 Å². The lowest BCUT2D eigenvalue weighted by atomic mass is 10.2. The van der Waals surface area contributed by atoms with Gasteiger partial charge in [-0.05, 0) is 48.5 Å². The summed E-state index contributed by atoms with van der Waals surface area (Å²) < 4.78 is 9.10. The summed E-state index contributed by atoms with van der Waals surface area (Å²) in [6.45, 7) is 0. The molecule has 0 aliphatic heterocycles. The molecule has 2 nitrogen and oxygen atoms in total. The smallest absolute Gasteiger partial charge is 0.0462 e. The van der Waals surface area contributed by atoms with E-state index in [0.29, 0.717) is 0 Å². The van der Waals surface area contributed by atoms with Crippen LogP contribution in [0.3, 0.4) is 0 Å². The van der Waals surface area contributed by atoms with Gasteiger partial charge in [0.25, 0.3) is 0 Å². The van der Waals surface area contributed by atoms with Gasteiger partial charge in [-0.15, -0.1) is 0 Å². The fourth-order valence-electron chi connectivity index (χ4n) is 2.26. The Morgan fingerprint density at radius 3 is 1.43 bits per heavy atom. The third-order valence-electron chi connectivity index (χ3n) is 3.23. The van der Waals surface area contributed by atoms with Crippen molar-refractivity contribution >= 4 is 29.1 Å². The van der Waals surface area contributed by atoms with Crippen molar-refractivity contribution in [1.29, 1.82) is 0 Å². The summed E-state index contributed by atoms with van der Waals surface area (Å²) in [5.74, 6) is 0. The van der Waals surface area contributed by atoms with E-state index in [0.717, 1.165) is 34.0 Å². The van der Waals surface area contributed by atoms with Crippen molar-refractivity contribution in [1.82, 2.24) is 0 Å². The first-order chi connectivity index (χ1) is 10.4. The van der Waals surface area contributed by atoms with Crippen LogP contribution in [0, 0.1) is 0 Å². The van der Waals surface area contributed by atoms with E-state index in [1.807, 2.05) is 60.7 Å². The molecule has 0 amide bonds. The highest BCUT2D eigenvalue weighted by Crippen LogP contribution is 2.34. The van der Waals surface area contributed by atoms with Gasteiger partial charge in [-0.2, -0.15) is 0 Å². The van der Waals surface area contributed by atoms with Gasteiger partial charge in [-0.3, -0.25) is 0 Å². The molecular formula is C18H15NOS. The number of benzene rings is 3. The van der Waals surface area contributed by atoms with E-state index in [2.05, 4.69) is 29.2 Å². The minimum atomic E-state index is 0.762. The first-order valence-corrected chi connectivity index (χ1v) is 7.47. The average Bonchev–Trinajstić information content (AvgIpc) is 2.58. The number of hydrogen-bond acceptors (Lipinski definition) is 3. The van der Waals surface area contributed by atoms with E-state index in [9.17, 15) is 0 Å². The number of para-hydroxylation sites is 2. The highest BCUT2D eigenvalue weighted by molar-refractivity contribution is 7.93. The van der Waals surface area contributed by atoms with Gasteiger partial charge in [0.2, 0.25) is 0 Å². The van der Waals surface area contributed by atoms with Crippen molar-refractivity contribution in [3.05, 3.63) is 84.9 Å². The van der Waals surface area contributed by atoms with Crippen molar-refractivity contribution in [2.45, 2.75) is 4.90 Å². The van der Waals surface area contributed by atoms with Gasteiger partial charge in [-0.25, -0.2) is 0 Å². The van der Waals surface area contributed by atoms with Crippen LogP contribution in [0.15, 0.2) is 89.8 Å². The minimum absolute atomic E-state index is 0.762. The third kappa shape index (κ3) is 3.10. The number of nitrogens with zero attached hydrogens (tertiary/aromatic N) is 1. The normalized spacial score (nSPS) is 10.3. The zero-order valence-corrected chi connectivity index (χ0v) is 12.2. The predicted molar refractivity (Wildman–Crippen MR) is 89.6 cm³/mol. The second-order valence-corrected chi connectivity index (χ2v) is 5.25. The van der Waals surface area contributed by atoms with Crippen molar-refractivity contribution < 1.29 is 4.55 Å². The fourth-order valence-corrected chi connectivity index (χ4v) is 2.52. The van der Waals surface area contributed by atoms with Crippen LogP contribution in [0.4, 0.5) is 17.1 Å². The number of rotatable bonds is 4. The highest BCUT2D eigenvalue weighted by atomic mass is 32.2. The van der Waals surface area contributed by atoms with Crippen molar-refractivity contribution in [2.24, 2.45) is 0 Å². The zero-order valence-electron chi connectivity index (χ0n) is 11.4. The highest BCUT2D eigenvalue weighted by Gasteiger charge is 2.11. The first kappa shape index (κ1) is 13.7. The van der Waals surface area contributed by atoms with Crippen LogP contribution in [-0.4, -0.2) is 4.55 Å². The van der Waals surface area contributed by atoms with Crippen LogP contribution in [-0.2, 0) is 0 Å². The molecule has 0 atom stereocenters. The molecule has 3 aromatic rings. The van der Waals surface area contributed by atoms with E-state index in [-0.39, 0.29) is 0 Å². The molecule has 104 valence electrons. The van der Waals surface area contributed by atoms with Crippen molar-refractivity contribution in [3.8, 4) is 0 Å². The monoisotopic (exact) mass is 293 g/mol. The van der Waals surface area contributed by atoms with E-state index in [1.165, 1.54) is 0 Å². The van der Waals surface area contributed by atoms with E-state index >= 15 is 0 Å². The molecule has 3 rings (SSSR count). The quantitative estimate of drug-likeness (QED) is 0.622. The topological polar surface area (TPSA) is 23.5 Å². The van der Waals surface area contributed by atoms with Gasteiger partial charge in [0.1, 0.15) is 0 Å². The summed E-state index contributed by atoms with van der Waals surface area (Å²) in [6.07, 6.45) is 0. The standard InChI is InChI=1S/C18H15NOS/c20-21-18-13-11-17(12-14-18)19(15-7-3-1-4-8-15)16-9-5-2-6-10-16/h1-14,20H. The van der Waals surface area contributed by atoms with Crippen molar-refractivity contribution in [2.75, 3.05) is 4.90 Å². The Morgan fingerprint density at radius 2 is 1.00 bits per heavy atom. The molecule has 0 saturated heterocycles. The van der Waals surface area contributed by atoms with Crippen LogP contribution < -0.4 is 4.90 Å². The Morgan fingerprint density at radius 1 is 0.571 bits per heavy atom. The summed E-state index contributed by atoms with van der Waals surface area (Å²) >= 11 is 0.762. The molecule has 3 aromatic carbocycles. The van der Waals surface area contributed by atoms with Gasteiger partial charge >= 0.3 is 0 Å². The summed E-state index contributed by atoms with van der Waals surface area (Å²) in [7, 11) is 0. The molecule has 0 bridgehead atoms. The molecule has 3 heteroatoms. The molecular weight excluding hydrogens is 278 g/mol. The van der Waals surface area contributed by atoms with Crippen molar-refractivity contribution in [3.63, 3.8) is 0 Å². The predicted octanol–water partition coefficient (Wildman–Crippen LogP) is 5.72. The second kappa shape index (κ2) is 6.48. The van der Waals surface area contributed by atoms with Gasteiger partial charge < -0.3 is 9.45 Å². The van der Waals surface area contributed by atoms with Crippen LogP contribution in [0.5, 0.6) is 0 Å². The second-order valence-electron chi connectivity index (χ2n) is 4.59. The molecule has 0 aliphatic carbocycles. The molecule has 0 saturated carbocycles. The maximum Gasteiger partial charge on any atom is 0.0462 e. The summed E-state index contributed by atoms with van der Waals surface area (Å²) in [5.41, 5.74) is 3.27. The fraction of sp³-hybridized carbons (Fsp3) is 0. The summed E-state index contributed by atoms with van der Waals surface area (Å²) in [5, 5.41) is 0. The molecule has 0 aromatic heterocycles. The molecule has 0 aliphatic rings. The molecule has 0 heterocycles. The molecule has 0 unspecified atom stereocenters. The Hall–Kier alpha value is -2.23.